The van der Waals surface area contributed by atoms with Crippen LogP contribution < -0.4 is 5.32 Å². The number of nitrogens with zero attached hydrogens (tertiary/aromatic N) is 3. The zero-order valence-electron chi connectivity index (χ0n) is 10.5. The van der Waals surface area contributed by atoms with E-state index in [1.165, 1.54) is 0 Å². The minimum Gasteiger partial charge on any atom is -0.476 e. The number of carbonyl (C=O) groups is 1. The SMILES string of the molecule is O=C(O)c1c(NCCc2nccs2)nc2ccccn12. The van der Waals surface area contributed by atoms with Crippen LogP contribution in [0.1, 0.15) is 15.5 Å². The van der Waals surface area contributed by atoms with Gasteiger partial charge in [-0.1, -0.05) is 6.07 Å². The van der Waals surface area contributed by atoms with Gasteiger partial charge in [0.2, 0.25) is 0 Å². The molecule has 3 aromatic rings. The van der Waals surface area contributed by atoms with E-state index in [0.29, 0.717) is 18.0 Å². The average molecular weight is 288 g/mol. The van der Waals surface area contributed by atoms with Crippen molar-refractivity contribution < 1.29 is 9.90 Å². The van der Waals surface area contributed by atoms with Gasteiger partial charge in [-0.15, -0.1) is 11.3 Å². The smallest absolute Gasteiger partial charge is 0.356 e. The number of pyridine rings is 1. The number of nitrogens with one attached hydrogen (secondary N) is 1. The molecule has 0 aliphatic carbocycles. The van der Waals surface area contributed by atoms with E-state index in [-0.39, 0.29) is 5.69 Å². The van der Waals surface area contributed by atoms with Crippen LogP contribution >= 0.6 is 11.3 Å². The lowest BCUT2D eigenvalue weighted by Crippen LogP contribution is -2.10. The number of thiazole rings is 1. The number of hydrogen-bond donors (Lipinski definition) is 2. The molecule has 0 fully saturated rings. The van der Waals surface area contributed by atoms with Crippen molar-refractivity contribution >= 4 is 28.8 Å². The number of imidazole rings is 1. The molecule has 7 heteroatoms. The van der Waals surface area contributed by atoms with E-state index < -0.39 is 5.97 Å². The molecule has 0 saturated heterocycles. The van der Waals surface area contributed by atoms with Gasteiger partial charge >= 0.3 is 5.97 Å². The van der Waals surface area contributed by atoms with Gasteiger partial charge in [0.25, 0.3) is 0 Å². The van der Waals surface area contributed by atoms with Crippen molar-refractivity contribution in [2.45, 2.75) is 6.42 Å². The van der Waals surface area contributed by atoms with E-state index in [0.717, 1.165) is 11.4 Å². The van der Waals surface area contributed by atoms with Gasteiger partial charge in [0.1, 0.15) is 5.65 Å². The van der Waals surface area contributed by atoms with Gasteiger partial charge in [0.05, 0.1) is 5.01 Å². The van der Waals surface area contributed by atoms with Crippen LogP contribution in [0.5, 0.6) is 0 Å². The van der Waals surface area contributed by atoms with Crippen LogP contribution in [0.15, 0.2) is 36.0 Å². The Balaban J connectivity index is 1.83. The number of anilines is 1. The summed E-state index contributed by atoms with van der Waals surface area (Å²) in [4.78, 5) is 19.9. The van der Waals surface area contributed by atoms with Crippen LogP contribution in [-0.4, -0.2) is 32.0 Å². The number of fused-ring (bicyclic) bond motifs is 1. The lowest BCUT2D eigenvalue weighted by Gasteiger charge is -2.03. The summed E-state index contributed by atoms with van der Waals surface area (Å²) in [7, 11) is 0. The summed E-state index contributed by atoms with van der Waals surface area (Å²) in [5.74, 6) is -0.610. The topological polar surface area (TPSA) is 79.5 Å². The number of aromatic carboxylic acids is 1. The third-order valence-corrected chi connectivity index (χ3v) is 3.69. The summed E-state index contributed by atoms with van der Waals surface area (Å²) in [6, 6.07) is 5.38. The lowest BCUT2D eigenvalue weighted by molar-refractivity contribution is 0.0690. The zero-order valence-corrected chi connectivity index (χ0v) is 11.3. The molecule has 0 radical (unpaired) electrons. The first-order chi connectivity index (χ1) is 9.75. The van der Waals surface area contributed by atoms with Gasteiger partial charge < -0.3 is 10.4 Å². The maximum atomic E-state index is 11.4. The number of aromatic nitrogens is 3. The third-order valence-electron chi connectivity index (χ3n) is 2.85. The quantitative estimate of drug-likeness (QED) is 0.752. The largest absolute Gasteiger partial charge is 0.476 e. The highest BCUT2D eigenvalue weighted by Crippen LogP contribution is 2.17. The fraction of sp³-hybridized carbons (Fsp3) is 0.154. The standard InChI is InChI=1S/C13H12N4O2S/c18-13(19)11-12(15-5-4-10-14-6-8-20-10)16-9-3-1-2-7-17(9)11/h1-3,6-8,15H,4-5H2,(H,18,19). The summed E-state index contributed by atoms with van der Waals surface area (Å²) in [5, 5.41) is 15.3. The van der Waals surface area contributed by atoms with Crippen LogP contribution in [0.25, 0.3) is 5.65 Å². The number of carboxylic acid groups (broad SMARTS) is 1. The molecule has 0 aliphatic rings. The van der Waals surface area contributed by atoms with Crippen LogP contribution in [0, 0.1) is 0 Å². The van der Waals surface area contributed by atoms with Gasteiger partial charge in [-0.3, -0.25) is 4.40 Å². The summed E-state index contributed by atoms with van der Waals surface area (Å²) in [6.45, 7) is 0.595. The van der Waals surface area contributed by atoms with E-state index in [1.807, 2.05) is 11.4 Å². The normalized spacial score (nSPS) is 10.8. The average Bonchev–Trinajstić information content (AvgIpc) is 3.05. The van der Waals surface area contributed by atoms with Crippen LogP contribution in [0.2, 0.25) is 0 Å². The monoisotopic (exact) mass is 288 g/mol. The maximum absolute atomic E-state index is 11.4. The molecule has 0 spiro atoms. The highest BCUT2D eigenvalue weighted by atomic mass is 32.1. The molecule has 0 aliphatic heterocycles. The highest BCUT2D eigenvalue weighted by molar-refractivity contribution is 7.09. The Labute approximate surface area is 118 Å². The second-order valence-electron chi connectivity index (χ2n) is 4.15. The zero-order chi connectivity index (χ0) is 13.9. The summed E-state index contributed by atoms with van der Waals surface area (Å²) in [5.41, 5.74) is 0.765. The molecule has 3 heterocycles. The molecule has 6 nitrogen and oxygen atoms in total. The second-order valence-corrected chi connectivity index (χ2v) is 5.12. The van der Waals surface area contributed by atoms with Crippen molar-refractivity contribution in [3.8, 4) is 0 Å². The molecule has 102 valence electrons. The van der Waals surface area contributed by atoms with E-state index in [2.05, 4.69) is 15.3 Å². The molecule has 0 atom stereocenters. The molecule has 2 N–H and O–H groups in total. The first-order valence-corrected chi connectivity index (χ1v) is 6.96. The van der Waals surface area contributed by atoms with Crippen molar-refractivity contribution in [1.29, 1.82) is 0 Å². The Morgan fingerprint density at radius 1 is 1.45 bits per heavy atom. The Bertz CT molecular complexity index is 736. The molecular formula is C13H12N4O2S. The van der Waals surface area contributed by atoms with Gasteiger partial charge in [-0.25, -0.2) is 14.8 Å². The maximum Gasteiger partial charge on any atom is 0.356 e. The van der Waals surface area contributed by atoms with Crippen molar-refractivity contribution in [3.63, 3.8) is 0 Å². The van der Waals surface area contributed by atoms with E-state index in [4.69, 9.17) is 0 Å². The third kappa shape index (κ3) is 2.35. The van der Waals surface area contributed by atoms with Crippen LogP contribution in [0.3, 0.4) is 0 Å². The molecule has 3 rings (SSSR count). The van der Waals surface area contributed by atoms with Gasteiger partial charge in [-0.2, -0.15) is 0 Å². The molecule has 0 saturated carbocycles. The second kappa shape index (κ2) is 5.30. The Kier molecular flexibility index (Phi) is 3.34. The number of carboxylic acids is 1. The minimum atomic E-state index is -1.000. The number of hydrogen-bond acceptors (Lipinski definition) is 5. The van der Waals surface area contributed by atoms with Crippen molar-refractivity contribution in [2.24, 2.45) is 0 Å². The Hall–Kier alpha value is -2.41. The molecule has 3 aromatic heterocycles. The molecular weight excluding hydrogens is 276 g/mol. The van der Waals surface area contributed by atoms with E-state index in [9.17, 15) is 9.90 Å². The highest BCUT2D eigenvalue weighted by Gasteiger charge is 2.17. The molecule has 20 heavy (non-hydrogen) atoms. The first kappa shape index (κ1) is 12.6. The molecule has 0 bridgehead atoms. The Morgan fingerprint density at radius 2 is 2.35 bits per heavy atom. The fourth-order valence-electron chi connectivity index (χ4n) is 1.99. The Morgan fingerprint density at radius 3 is 3.10 bits per heavy atom. The minimum absolute atomic E-state index is 0.153. The summed E-state index contributed by atoms with van der Waals surface area (Å²) >= 11 is 1.58. The fourth-order valence-corrected chi connectivity index (χ4v) is 2.61. The van der Waals surface area contributed by atoms with E-state index >= 15 is 0 Å². The van der Waals surface area contributed by atoms with E-state index in [1.54, 1.807) is 40.3 Å². The number of rotatable bonds is 5. The van der Waals surface area contributed by atoms with Crippen molar-refractivity contribution in [2.75, 3.05) is 11.9 Å². The van der Waals surface area contributed by atoms with Gasteiger partial charge in [0, 0.05) is 30.7 Å². The lowest BCUT2D eigenvalue weighted by atomic mass is 10.4. The van der Waals surface area contributed by atoms with Crippen molar-refractivity contribution in [3.05, 3.63) is 46.7 Å². The predicted molar refractivity (Wildman–Crippen MR) is 76.5 cm³/mol. The van der Waals surface area contributed by atoms with Crippen LogP contribution in [0.4, 0.5) is 5.82 Å². The first-order valence-electron chi connectivity index (χ1n) is 6.08. The van der Waals surface area contributed by atoms with Gasteiger partial charge in [-0.05, 0) is 12.1 Å². The summed E-state index contributed by atoms with van der Waals surface area (Å²) in [6.07, 6.45) is 4.19. The molecule has 0 unspecified atom stereocenters. The molecule has 0 amide bonds. The molecule has 0 aromatic carbocycles. The predicted octanol–water partition coefficient (Wildman–Crippen LogP) is 2.14. The van der Waals surface area contributed by atoms with Crippen molar-refractivity contribution in [1.82, 2.24) is 14.4 Å². The van der Waals surface area contributed by atoms with Crippen LogP contribution in [-0.2, 0) is 6.42 Å². The van der Waals surface area contributed by atoms with Gasteiger partial charge in [0.15, 0.2) is 11.5 Å². The summed E-state index contributed by atoms with van der Waals surface area (Å²) < 4.78 is 1.56.